The highest BCUT2D eigenvalue weighted by Crippen LogP contribution is 2.05. The van der Waals surface area contributed by atoms with E-state index < -0.39 is 0 Å². The van der Waals surface area contributed by atoms with Crippen LogP contribution in [0.1, 0.15) is 52.9 Å². The standard InChI is InChI=1S/C14H29NO2/c1-5-13(3)14(16)17-12-10-8-7-9-11-15(4)6-2/h13H,5-12H2,1-4H3. The third kappa shape index (κ3) is 9.16. The lowest BCUT2D eigenvalue weighted by atomic mass is 10.1. The highest BCUT2D eigenvalue weighted by molar-refractivity contribution is 5.71. The topological polar surface area (TPSA) is 29.5 Å². The summed E-state index contributed by atoms with van der Waals surface area (Å²) in [6.45, 7) is 8.98. The lowest BCUT2D eigenvalue weighted by Gasteiger charge is -2.13. The van der Waals surface area contributed by atoms with E-state index in [0.717, 1.165) is 25.8 Å². The van der Waals surface area contributed by atoms with Crippen LogP contribution in [0.5, 0.6) is 0 Å². The molecule has 0 rings (SSSR count). The van der Waals surface area contributed by atoms with E-state index in [1.165, 1.54) is 19.4 Å². The number of nitrogens with zero attached hydrogens (tertiary/aromatic N) is 1. The molecule has 1 atom stereocenters. The maximum Gasteiger partial charge on any atom is 0.308 e. The number of hydrogen-bond donors (Lipinski definition) is 0. The Morgan fingerprint density at radius 2 is 1.82 bits per heavy atom. The molecule has 0 aliphatic heterocycles. The van der Waals surface area contributed by atoms with Gasteiger partial charge in [0.2, 0.25) is 0 Å². The van der Waals surface area contributed by atoms with Crippen molar-refractivity contribution in [1.82, 2.24) is 4.90 Å². The zero-order valence-electron chi connectivity index (χ0n) is 12.0. The molecule has 0 fully saturated rings. The Labute approximate surface area is 107 Å². The zero-order chi connectivity index (χ0) is 13.1. The van der Waals surface area contributed by atoms with Crippen LogP contribution in [0, 0.1) is 5.92 Å². The van der Waals surface area contributed by atoms with Crippen molar-refractivity contribution < 1.29 is 9.53 Å². The van der Waals surface area contributed by atoms with E-state index in [1.807, 2.05) is 13.8 Å². The van der Waals surface area contributed by atoms with Crippen molar-refractivity contribution in [3.8, 4) is 0 Å². The van der Waals surface area contributed by atoms with E-state index in [-0.39, 0.29) is 11.9 Å². The molecule has 102 valence electrons. The first kappa shape index (κ1) is 16.4. The van der Waals surface area contributed by atoms with Crippen LogP contribution in [0.3, 0.4) is 0 Å². The molecule has 0 aromatic carbocycles. The van der Waals surface area contributed by atoms with E-state index in [4.69, 9.17) is 4.74 Å². The minimum Gasteiger partial charge on any atom is -0.465 e. The molecular weight excluding hydrogens is 214 g/mol. The third-order valence-electron chi connectivity index (χ3n) is 3.23. The molecule has 0 saturated heterocycles. The van der Waals surface area contributed by atoms with E-state index in [2.05, 4.69) is 18.9 Å². The summed E-state index contributed by atoms with van der Waals surface area (Å²) >= 11 is 0. The van der Waals surface area contributed by atoms with Crippen LogP contribution >= 0.6 is 0 Å². The molecule has 0 heterocycles. The fourth-order valence-electron chi connectivity index (χ4n) is 1.48. The van der Waals surface area contributed by atoms with Crippen molar-refractivity contribution in [2.24, 2.45) is 5.92 Å². The molecule has 0 radical (unpaired) electrons. The Bertz CT molecular complexity index is 195. The van der Waals surface area contributed by atoms with Crippen molar-refractivity contribution in [1.29, 1.82) is 0 Å². The molecule has 0 bridgehead atoms. The first-order valence-corrected chi connectivity index (χ1v) is 6.97. The summed E-state index contributed by atoms with van der Waals surface area (Å²) < 4.78 is 5.19. The summed E-state index contributed by atoms with van der Waals surface area (Å²) in [5.41, 5.74) is 0. The maximum absolute atomic E-state index is 11.4. The van der Waals surface area contributed by atoms with Gasteiger partial charge >= 0.3 is 5.97 Å². The number of carbonyl (C=O) groups is 1. The van der Waals surface area contributed by atoms with Crippen LogP contribution in [0.2, 0.25) is 0 Å². The van der Waals surface area contributed by atoms with E-state index in [9.17, 15) is 4.79 Å². The highest BCUT2D eigenvalue weighted by atomic mass is 16.5. The van der Waals surface area contributed by atoms with Crippen LogP contribution in [0.25, 0.3) is 0 Å². The molecule has 0 saturated carbocycles. The molecular formula is C14H29NO2. The molecule has 1 unspecified atom stereocenters. The van der Waals surface area contributed by atoms with Crippen LogP contribution in [0.4, 0.5) is 0 Å². The molecule has 0 aliphatic carbocycles. The number of unbranched alkanes of at least 4 members (excludes halogenated alkanes) is 3. The van der Waals surface area contributed by atoms with E-state index in [1.54, 1.807) is 0 Å². The van der Waals surface area contributed by atoms with Gasteiger partial charge in [0.15, 0.2) is 0 Å². The predicted molar refractivity (Wildman–Crippen MR) is 72.1 cm³/mol. The van der Waals surface area contributed by atoms with Crippen molar-refractivity contribution in [2.75, 3.05) is 26.7 Å². The molecule has 17 heavy (non-hydrogen) atoms. The second kappa shape index (κ2) is 10.6. The highest BCUT2D eigenvalue weighted by Gasteiger charge is 2.10. The fourth-order valence-corrected chi connectivity index (χ4v) is 1.48. The lowest BCUT2D eigenvalue weighted by molar-refractivity contribution is -0.148. The molecule has 0 aromatic rings. The second-order valence-electron chi connectivity index (χ2n) is 4.79. The van der Waals surface area contributed by atoms with Gasteiger partial charge in [0, 0.05) is 0 Å². The first-order valence-electron chi connectivity index (χ1n) is 6.97. The first-order chi connectivity index (χ1) is 8.11. The summed E-state index contributed by atoms with van der Waals surface area (Å²) in [4.78, 5) is 13.7. The number of rotatable bonds is 10. The molecule has 0 N–H and O–H groups in total. The van der Waals surface area contributed by atoms with E-state index in [0.29, 0.717) is 6.61 Å². The maximum atomic E-state index is 11.4. The number of esters is 1. The third-order valence-corrected chi connectivity index (χ3v) is 3.23. The van der Waals surface area contributed by atoms with Gasteiger partial charge in [-0.2, -0.15) is 0 Å². The van der Waals surface area contributed by atoms with Gasteiger partial charge in [-0.05, 0) is 39.4 Å². The molecule has 0 aromatic heterocycles. The zero-order valence-corrected chi connectivity index (χ0v) is 12.0. The Balaban J connectivity index is 3.27. The summed E-state index contributed by atoms with van der Waals surface area (Å²) in [5, 5.41) is 0. The van der Waals surface area contributed by atoms with Gasteiger partial charge in [-0.1, -0.05) is 33.6 Å². The molecule has 0 amide bonds. The van der Waals surface area contributed by atoms with Gasteiger partial charge in [-0.15, -0.1) is 0 Å². The van der Waals surface area contributed by atoms with Gasteiger partial charge in [0.05, 0.1) is 12.5 Å². The monoisotopic (exact) mass is 243 g/mol. The van der Waals surface area contributed by atoms with Crippen LogP contribution in [-0.2, 0) is 9.53 Å². The number of hydrogen-bond acceptors (Lipinski definition) is 3. The van der Waals surface area contributed by atoms with Crippen molar-refractivity contribution in [2.45, 2.75) is 52.9 Å². The summed E-state index contributed by atoms with van der Waals surface area (Å²) in [6, 6.07) is 0. The van der Waals surface area contributed by atoms with E-state index >= 15 is 0 Å². The average molecular weight is 243 g/mol. The van der Waals surface area contributed by atoms with Crippen LogP contribution < -0.4 is 0 Å². The molecule has 3 heteroatoms. The molecule has 0 spiro atoms. The second-order valence-corrected chi connectivity index (χ2v) is 4.79. The number of carbonyl (C=O) groups excluding carboxylic acids is 1. The Hall–Kier alpha value is -0.570. The Morgan fingerprint density at radius 1 is 1.18 bits per heavy atom. The smallest absolute Gasteiger partial charge is 0.308 e. The molecule has 3 nitrogen and oxygen atoms in total. The summed E-state index contributed by atoms with van der Waals surface area (Å²) in [6.07, 6.45) is 5.49. The summed E-state index contributed by atoms with van der Waals surface area (Å²) in [5.74, 6) is 0.00594. The number of ether oxygens (including phenoxy) is 1. The van der Waals surface area contributed by atoms with Crippen molar-refractivity contribution in [3.05, 3.63) is 0 Å². The van der Waals surface area contributed by atoms with Gasteiger partial charge in [0.25, 0.3) is 0 Å². The van der Waals surface area contributed by atoms with Gasteiger partial charge in [-0.3, -0.25) is 4.79 Å². The normalized spacial score (nSPS) is 12.8. The van der Waals surface area contributed by atoms with Crippen molar-refractivity contribution >= 4 is 5.97 Å². The lowest BCUT2D eigenvalue weighted by Crippen LogP contribution is -2.18. The fraction of sp³-hybridized carbons (Fsp3) is 0.929. The summed E-state index contributed by atoms with van der Waals surface area (Å²) in [7, 11) is 2.15. The minimum absolute atomic E-state index is 0.0433. The van der Waals surface area contributed by atoms with Crippen LogP contribution in [0.15, 0.2) is 0 Å². The van der Waals surface area contributed by atoms with Crippen molar-refractivity contribution in [3.63, 3.8) is 0 Å². The minimum atomic E-state index is -0.0433. The average Bonchev–Trinajstić information content (AvgIpc) is 2.35. The van der Waals surface area contributed by atoms with Crippen LogP contribution in [-0.4, -0.2) is 37.6 Å². The SMILES string of the molecule is CCC(C)C(=O)OCCCCCCN(C)CC. The predicted octanol–water partition coefficient (Wildman–Crippen LogP) is 3.09. The van der Waals surface area contributed by atoms with Gasteiger partial charge in [-0.25, -0.2) is 0 Å². The molecule has 0 aliphatic rings. The Morgan fingerprint density at radius 3 is 2.41 bits per heavy atom. The van der Waals surface area contributed by atoms with Gasteiger partial charge < -0.3 is 9.64 Å². The quantitative estimate of drug-likeness (QED) is 0.436. The largest absolute Gasteiger partial charge is 0.465 e. The van der Waals surface area contributed by atoms with Gasteiger partial charge in [0.1, 0.15) is 0 Å². The Kier molecular flexibility index (Phi) is 10.2.